The summed E-state index contributed by atoms with van der Waals surface area (Å²) >= 11 is 0. The number of carbonyl (C=O) groups excluding carboxylic acids is 2. The van der Waals surface area contributed by atoms with Gasteiger partial charge in [0, 0.05) is 44.3 Å². The Balaban J connectivity index is 1.45. The SMILES string of the molecule is N#Cc1ccc(N2CCC([C@@H]3CN(C(=O)c4ncccn4)C[C@H]3C(N)=O)CC2)cc1C(F)(F)F. The molecule has 3 heterocycles. The van der Waals surface area contributed by atoms with Gasteiger partial charge in [-0.1, -0.05) is 0 Å². The summed E-state index contributed by atoms with van der Waals surface area (Å²) in [5.74, 6) is -1.33. The van der Waals surface area contributed by atoms with Crippen molar-refractivity contribution < 1.29 is 22.8 Å². The van der Waals surface area contributed by atoms with E-state index in [0.29, 0.717) is 38.2 Å². The van der Waals surface area contributed by atoms with Gasteiger partial charge in [-0.25, -0.2) is 9.97 Å². The molecule has 0 unspecified atom stereocenters. The van der Waals surface area contributed by atoms with Crippen LogP contribution >= 0.6 is 0 Å². The lowest BCUT2D eigenvalue weighted by Crippen LogP contribution is -2.40. The van der Waals surface area contributed by atoms with E-state index in [9.17, 15) is 22.8 Å². The molecule has 0 radical (unpaired) electrons. The minimum atomic E-state index is -4.61. The maximum atomic E-state index is 13.3. The van der Waals surface area contributed by atoms with Crippen LogP contribution < -0.4 is 10.6 Å². The zero-order valence-corrected chi connectivity index (χ0v) is 18.2. The molecular weight excluding hydrogens is 449 g/mol. The van der Waals surface area contributed by atoms with Gasteiger partial charge in [-0.15, -0.1) is 0 Å². The molecule has 1 aromatic carbocycles. The number of nitrogens with two attached hydrogens (primary N) is 1. The van der Waals surface area contributed by atoms with Gasteiger partial charge in [0.05, 0.1) is 23.1 Å². The topological polar surface area (TPSA) is 116 Å². The number of anilines is 1. The van der Waals surface area contributed by atoms with Crippen LogP contribution in [0.15, 0.2) is 36.7 Å². The van der Waals surface area contributed by atoms with Crippen LogP contribution in [-0.4, -0.2) is 52.9 Å². The predicted molar refractivity (Wildman–Crippen MR) is 115 cm³/mol. The minimum Gasteiger partial charge on any atom is -0.372 e. The van der Waals surface area contributed by atoms with Gasteiger partial charge in [-0.05, 0) is 48.9 Å². The summed E-state index contributed by atoms with van der Waals surface area (Å²) in [6.07, 6.45) is -0.388. The van der Waals surface area contributed by atoms with Crippen molar-refractivity contribution >= 4 is 17.5 Å². The highest BCUT2D eigenvalue weighted by atomic mass is 19.4. The Hall–Kier alpha value is -3.68. The minimum absolute atomic E-state index is 0.0578. The first-order chi connectivity index (χ1) is 16.2. The van der Waals surface area contributed by atoms with E-state index in [1.807, 2.05) is 4.90 Å². The molecule has 2 saturated heterocycles. The standard InChI is InChI=1S/C23H23F3N6O2/c24-23(25,26)19-10-16(3-2-15(19)11-27)31-8-4-14(5-9-31)17-12-32(13-18(17)20(28)33)22(34)21-29-6-1-7-30-21/h1-3,6-7,10,14,17-18H,4-5,8-9,12-13H2,(H2,28,33)/t17-,18+/m0/s1. The fourth-order valence-corrected chi connectivity index (χ4v) is 4.97. The number of hydrogen-bond donors (Lipinski definition) is 1. The number of aromatic nitrogens is 2. The molecule has 0 aliphatic carbocycles. The molecule has 11 heteroatoms. The third-order valence-electron chi connectivity index (χ3n) is 6.71. The fraction of sp³-hybridized carbons (Fsp3) is 0.435. The number of carbonyl (C=O) groups is 2. The van der Waals surface area contributed by atoms with Crippen molar-refractivity contribution in [2.24, 2.45) is 23.5 Å². The Kier molecular flexibility index (Phi) is 6.41. The van der Waals surface area contributed by atoms with Crippen molar-refractivity contribution in [2.45, 2.75) is 19.0 Å². The van der Waals surface area contributed by atoms with E-state index in [2.05, 4.69) is 9.97 Å². The van der Waals surface area contributed by atoms with Gasteiger partial charge in [0.1, 0.15) is 0 Å². The molecule has 2 aromatic rings. The van der Waals surface area contributed by atoms with E-state index >= 15 is 0 Å². The maximum Gasteiger partial charge on any atom is 0.417 e. The fourth-order valence-electron chi connectivity index (χ4n) is 4.97. The third-order valence-corrected chi connectivity index (χ3v) is 6.71. The molecule has 2 aliphatic rings. The van der Waals surface area contributed by atoms with Crippen LogP contribution in [0.5, 0.6) is 0 Å². The normalized spacial score (nSPS) is 21.4. The molecule has 0 bridgehead atoms. The van der Waals surface area contributed by atoms with Crippen LogP contribution in [0.4, 0.5) is 18.9 Å². The van der Waals surface area contributed by atoms with Crippen molar-refractivity contribution in [3.63, 3.8) is 0 Å². The molecule has 2 aliphatic heterocycles. The van der Waals surface area contributed by atoms with Gasteiger partial charge in [0.2, 0.25) is 11.7 Å². The number of alkyl halides is 3. The highest BCUT2D eigenvalue weighted by Gasteiger charge is 2.44. The first kappa shape index (κ1) is 23.5. The highest BCUT2D eigenvalue weighted by molar-refractivity contribution is 5.91. The molecule has 0 spiro atoms. The molecule has 8 nitrogen and oxygen atoms in total. The number of benzene rings is 1. The van der Waals surface area contributed by atoms with Gasteiger partial charge in [-0.3, -0.25) is 9.59 Å². The molecular formula is C23H23F3N6O2. The molecule has 2 amide bonds. The number of nitriles is 1. The zero-order chi connectivity index (χ0) is 24.5. The summed E-state index contributed by atoms with van der Waals surface area (Å²) in [6.45, 7) is 1.53. The Morgan fingerprint density at radius 3 is 2.38 bits per heavy atom. The van der Waals surface area contributed by atoms with Crippen LogP contribution in [0.3, 0.4) is 0 Å². The smallest absolute Gasteiger partial charge is 0.372 e. The third kappa shape index (κ3) is 4.66. The van der Waals surface area contributed by atoms with Gasteiger partial charge >= 0.3 is 6.18 Å². The Morgan fingerprint density at radius 1 is 1.12 bits per heavy atom. The average Bonchev–Trinajstić information content (AvgIpc) is 3.29. The lowest BCUT2D eigenvalue weighted by atomic mass is 9.78. The van der Waals surface area contributed by atoms with Crippen LogP contribution in [0.25, 0.3) is 0 Å². The second-order valence-electron chi connectivity index (χ2n) is 8.62. The van der Waals surface area contributed by atoms with Gasteiger partial charge < -0.3 is 15.5 Å². The van der Waals surface area contributed by atoms with E-state index in [1.165, 1.54) is 24.5 Å². The van der Waals surface area contributed by atoms with Crippen molar-refractivity contribution in [2.75, 3.05) is 31.1 Å². The summed E-state index contributed by atoms with van der Waals surface area (Å²) in [5, 5.41) is 9.00. The summed E-state index contributed by atoms with van der Waals surface area (Å²) in [5.41, 5.74) is 4.69. The molecule has 2 fully saturated rings. The molecule has 1 aromatic heterocycles. The maximum absolute atomic E-state index is 13.3. The van der Waals surface area contributed by atoms with Crippen LogP contribution in [0, 0.1) is 29.1 Å². The van der Waals surface area contributed by atoms with Crippen LogP contribution in [0.2, 0.25) is 0 Å². The largest absolute Gasteiger partial charge is 0.417 e. The molecule has 4 rings (SSSR count). The number of primary amides is 1. The van der Waals surface area contributed by atoms with E-state index in [1.54, 1.807) is 17.0 Å². The number of nitrogens with zero attached hydrogens (tertiary/aromatic N) is 5. The van der Waals surface area contributed by atoms with Crippen molar-refractivity contribution in [3.8, 4) is 6.07 Å². The van der Waals surface area contributed by atoms with E-state index in [4.69, 9.17) is 11.0 Å². The number of hydrogen-bond acceptors (Lipinski definition) is 6. The van der Waals surface area contributed by atoms with E-state index in [0.717, 1.165) is 6.07 Å². The second-order valence-corrected chi connectivity index (χ2v) is 8.62. The summed E-state index contributed by atoms with van der Waals surface area (Å²) in [7, 11) is 0. The number of rotatable bonds is 4. The van der Waals surface area contributed by atoms with E-state index < -0.39 is 29.1 Å². The average molecular weight is 472 g/mol. The van der Waals surface area contributed by atoms with Crippen LogP contribution in [-0.2, 0) is 11.0 Å². The van der Waals surface area contributed by atoms with Crippen molar-refractivity contribution in [3.05, 3.63) is 53.6 Å². The van der Waals surface area contributed by atoms with Crippen molar-refractivity contribution in [1.82, 2.24) is 14.9 Å². The first-order valence-corrected chi connectivity index (χ1v) is 10.9. The van der Waals surface area contributed by atoms with Gasteiger partial charge in [0.25, 0.3) is 5.91 Å². The quantitative estimate of drug-likeness (QED) is 0.731. The number of likely N-dealkylation sites (tertiary alicyclic amines) is 1. The lowest BCUT2D eigenvalue weighted by Gasteiger charge is -2.37. The van der Waals surface area contributed by atoms with Gasteiger partial charge in [0.15, 0.2) is 0 Å². The predicted octanol–water partition coefficient (Wildman–Crippen LogP) is 2.46. The van der Waals surface area contributed by atoms with Gasteiger partial charge in [-0.2, -0.15) is 18.4 Å². The Morgan fingerprint density at radius 2 is 1.79 bits per heavy atom. The van der Waals surface area contributed by atoms with Crippen LogP contribution in [0.1, 0.15) is 34.6 Å². The molecule has 2 atom stereocenters. The summed E-state index contributed by atoms with van der Waals surface area (Å²) in [4.78, 5) is 36.3. The summed E-state index contributed by atoms with van der Waals surface area (Å²) < 4.78 is 40.0. The Bertz CT molecular complexity index is 1110. The number of amides is 2. The molecule has 34 heavy (non-hydrogen) atoms. The second kappa shape index (κ2) is 9.29. The summed E-state index contributed by atoms with van der Waals surface area (Å²) in [6, 6.07) is 6.93. The molecule has 178 valence electrons. The van der Waals surface area contributed by atoms with Crippen molar-refractivity contribution in [1.29, 1.82) is 5.26 Å². The number of piperidine rings is 1. The first-order valence-electron chi connectivity index (χ1n) is 10.9. The Labute approximate surface area is 194 Å². The van der Waals surface area contributed by atoms with E-state index in [-0.39, 0.29) is 30.1 Å². The molecule has 2 N–H and O–H groups in total. The lowest BCUT2D eigenvalue weighted by molar-refractivity contribution is -0.137. The zero-order valence-electron chi connectivity index (χ0n) is 18.2. The monoisotopic (exact) mass is 472 g/mol. The highest BCUT2D eigenvalue weighted by Crippen LogP contribution is 2.39. The molecule has 0 saturated carbocycles. The number of halogens is 3.